The lowest BCUT2D eigenvalue weighted by atomic mass is 10.1. The number of hydrogen-bond acceptors (Lipinski definition) is 6. The Bertz CT molecular complexity index is 1330. The number of carbonyl (C=O) groups is 2. The van der Waals surface area contributed by atoms with Gasteiger partial charge in [0.1, 0.15) is 0 Å². The second kappa shape index (κ2) is 11.0. The van der Waals surface area contributed by atoms with Gasteiger partial charge in [-0.3, -0.25) is 19.1 Å². The number of benzene rings is 2. The van der Waals surface area contributed by atoms with E-state index in [0.717, 1.165) is 33.6 Å². The first-order valence-electron chi connectivity index (χ1n) is 11.1. The maximum Gasteiger partial charge on any atom is 0.243 e. The molecular weight excluding hydrogens is 460 g/mol. The number of nitrogens with zero attached hydrogens (tertiary/aromatic N) is 4. The van der Waals surface area contributed by atoms with Crippen molar-refractivity contribution in [1.29, 1.82) is 0 Å². The van der Waals surface area contributed by atoms with Crippen molar-refractivity contribution >= 4 is 29.3 Å². The van der Waals surface area contributed by atoms with Crippen LogP contribution in [-0.4, -0.2) is 43.9 Å². The normalized spacial score (nSPS) is 10.7. The van der Waals surface area contributed by atoms with Crippen molar-refractivity contribution in [2.45, 2.75) is 25.9 Å². The monoisotopic (exact) mass is 486 g/mol. The molecule has 0 saturated heterocycles. The standard InChI is InChI=1S/C26H26N6O2S/c1-17-7-4-5-10-21(17)32-25(20-11-13-27-14-12-20)30-31-26(32)35-16-23(34)28-15-22(33)29-24-18(2)8-6-9-19(24)3/h4-14H,15-16H2,1-3H3,(H,28,34)(H,29,33). The predicted molar refractivity (Wildman–Crippen MR) is 138 cm³/mol. The maximum absolute atomic E-state index is 12.5. The minimum atomic E-state index is -0.274. The molecule has 0 atom stereocenters. The van der Waals surface area contributed by atoms with Gasteiger partial charge in [0.05, 0.1) is 18.0 Å². The highest BCUT2D eigenvalue weighted by Gasteiger charge is 2.18. The zero-order valence-electron chi connectivity index (χ0n) is 19.8. The lowest BCUT2D eigenvalue weighted by Crippen LogP contribution is -2.34. The summed E-state index contributed by atoms with van der Waals surface area (Å²) < 4.78 is 1.94. The van der Waals surface area contributed by atoms with Crippen LogP contribution < -0.4 is 10.6 Å². The zero-order chi connectivity index (χ0) is 24.8. The fourth-order valence-electron chi connectivity index (χ4n) is 3.64. The van der Waals surface area contributed by atoms with E-state index in [9.17, 15) is 9.59 Å². The van der Waals surface area contributed by atoms with Crippen LogP contribution in [0.4, 0.5) is 5.69 Å². The van der Waals surface area contributed by atoms with E-state index < -0.39 is 0 Å². The molecule has 2 aromatic carbocycles. The Morgan fingerprint density at radius 2 is 1.54 bits per heavy atom. The van der Waals surface area contributed by atoms with E-state index in [1.807, 2.05) is 79.9 Å². The second-order valence-corrected chi connectivity index (χ2v) is 8.99. The molecule has 0 aliphatic carbocycles. The van der Waals surface area contributed by atoms with Crippen molar-refractivity contribution in [2.75, 3.05) is 17.6 Å². The van der Waals surface area contributed by atoms with Gasteiger partial charge in [-0.15, -0.1) is 10.2 Å². The minimum Gasteiger partial charge on any atom is -0.346 e. The lowest BCUT2D eigenvalue weighted by molar-refractivity contribution is -0.122. The minimum absolute atomic E-state index is 0.0943. The summed E-state index contributed by atoms with van der Waals surface area (Å²) >= 11 is 1.26. The quantitative estimate of drug-likeness (QED) is 0.364. The summed E-state index contributed by atoms with van der Waals surface area (Å²) in [6, 6.07) is 17.5. The first kappa shape index (κ1) is 24.2. The second-order valence-electron chi connectivity index (χ2n) is 8.04. The molecule has 2 aromatic heterocycles. The average molecular weight is 487 g/mol. The number of amides is 2. The van der Waals surface area contributed by atoms with E-state index in [1.165, 1.54) is 11.8 Å². The molecule has 4 rings (SSSR count). The number of pyridine rings is 1. The zero-order valence-corrected chi connectivity index (χ0v) is 20.6. The molecule has 9 heteroatoms. The lowest BCUT2D eigenvalue weighted by Gasteiger charge is -2.13. The van der Waals surface area contributed by atoms with Crippen LogP contribution in [-0.2, 0) is 9.59 Å². The number of hydrogen-bond donors (Lipinski definition) is 2. The summed E-state index contributed by atoms with van der Waals surface area (Å²) in [6.45, 7) is 5.77. The first-order chi connectivity index (χ1) is 16.9. The van der Waals surface area contributed by atoms with Crippen LogP contribution in [0.2, 0.25) is 0 Å². The molecule has 178 valence electrons. The fraction of sp³-hybridized carbons (Fsp3) is 0.192. The summed E-state index contributed by atoms with van der Waals surface area (Å²) in [5, 5.41) is 14.9. The summed E-state index contributed by atoms with van der Waals surface area (Å²) in [7, 11) is 0. The molecule has 4 aromatic rings. The highest BCUT2D eigenvalue weighted by Crippen LogP contribution is 2.29. The number of thioether (sulfide) groups is 1. The van der Waals surface area contributed by atoms with Crippen LogP contribution >= 0.6 is 11.8 Å². The molecule has 0 bridgehead atoms. The summed E-state index contributed by atoms with van der Waals surface area (Å²) in [6.07, 6.45) is 3.41. The Labute approximate surface area is 208 Å². The van der Waals surface area contributed by atoms with Crippen molar-refractivity contribution in [2.24, 2.45) is 0 Å². The highest BCUT2D eigenvalue weighted by atomic mass is 32.2. The Morgan fingerprint density at radius 3 is 2.26 bits per heavy atom. The van der Waals surface area contributed by atoms with Gasteiger partial charge in [0.15, 0.2) is 11.0 Å². The van der Waals surface area contributed by atoms with Gasteiger partial charge in [0.25, 0.3) is 0 Å². The molecule has 0 unspecified atom stereocenters. The number of para-hydroxylation sites is 2. The van der Waals surface area contributed by atoms with Crippen LogP contribution in [0.15, 0.2) is 72.1 Å². The molecule has 0 aliphatic heterocycles. The third kappa shape index (κ3) is 5.75. The van der Waals surface area contributed by atoms with Crippen molar-refractivity contribution in [3.8, 4) is 17.1 Å². The number of aromatic nitrogens is 4. The molecule has 0 fully saturated rings. The molecule has 2 N–H and O–H groups in total. The van der Waals surface area contributed by atoms with Crippen LogP contribution in [0.1, 0.15) is 16.7 Å². The van der Waals surface area contributed by atoms with Crippen molar-refractivity contribution < 1.29 is 9.59 Å². The van der Waals surface area contributed by atoms with Gasteiger partial charge in [-0.1, -0.05) is 48.2 Å². The summed E-state index contributed by atoms with van der Waals surface area (Å²) in [5.41, 5.74) is 5.57. The van der Waals surface area contributed by atoms with Crippen molar-refractivity contribution in [3.63, 3.8) is 0 Å². The molecule has 2 amide bonds. The molecule has 8 nitrogen and oxygen atoms in total. The number of nitrogens with one attached hydrogen (secondary N) is 2. The number of anilines is 1. The third-order valence-electron chi connectivity index (χ3n) is 5.45. The average Bonchev–Trinajstić information content (AvgIpc) is 3.28. The Hall–Kier alpha value is -3.98. The van der Waals surface area contributed by atoms with E-state index in [0.29, 0.717) is 11.0 Å². The Balaban J connectivity index is 1.44. The molecule has 0 radical (unpaired) electrons. The third-order valence-corrected chi connectivity index (χ3v) is 6.38. The van der Waals surface area contributed by atoms with Crippen LogP contribution in [0.25, 0.3) is 17.1 Å². The SMILES string of the molecule is Cc1ccccc1-n1c(SCC(=O)NCC(=O)Nc2c(C)cccc2C)nnc1-c1ccncc1. The molecule has 2 heterocycles. The number of carbonyl (C=O) groups excluding carboxylic acids is 2. The van der Waals surface area contributed by atoms with Crippen LogP contribution in [0.5, 0.6) is 0 Å². The van der Waals surface area contributed by atoms with E-state index >= 15 is 0 Å². The predicted octanol–water partition coefficient (Wildman–Crippen LogP) is 4.10. The molecule has 0 aliphatic rings. The van der Waals surface area contributed by atoms with Crippen molar-refractivity contribution in [3.05, 3.63) is 83.7 Å². The van der Waals surface area contributed by atoms with E-state index in [2.05, 4.69) is 25.8 Å². The topological polar surface area (TPSA) is 102 Å². The molecule has 35 heavy (non-hydrogen) atoms. The van der Waals surface area contributed by atoms with E-state index in [-0.39, 0.29) is 24.1 Å². The Kier molecular flexibility index (Phi) is 7.57. The van der Waals surface area contributed by atoms with Gasteiger partial charge >= 0.3 is 0 Å². The van der Waals surface area contributed by atoms with Crippen molar-refractivity contribution in [1.82, 2.24) is 25.1 Å². The highest BCUT2D eigenvalue weighted by molar-refractivity contribution is 7.99. The van der Waals surface area contributed by atoms with Gasteiger partial charge in [0.2, 0.25) is 11.8 Å². The molecule has 0 spiro atoms. The largest absolute Gasteiger partial charge is 0.346 e. The van der Waals surface area contributed by atoms with Crippen LogP contribution in [0.3, 0.4) is 0 Å². The van der Waals surface area contributed by atoms with Gasteiger partial charge in [0, 0.05) is 23.6 Å². The van der Waals surface area contributed by atoms with E-state index in [4.69, 9.17) is 0 Å². The molecule has 0 saturated carbocycles. The van der Waals surface area contributed by atoms with Crippen LogP contribution in [0, 0.1) is 20.8 Å². The smallest absolute Gasteiger partial charge is 0.243 e. The van der Waals surface area contributed by atoms with Gasteiger partial charge < -0.3 is 10.6 Å². The Morgan fingerprint density at radius 1 is 0.857 bits per heavy atom. The van der Waals surface area contributed by atoms with Gasteiger partial charge in [-0.2, -0.15) is 0 Å². The number of aryl methyl sites for hydroxylation is 3. The van der Waals surface area contributed by atoms with E-state index in [1.54, 1.807) is 12.4 Å². The summed E-state index contributed by atoms with van der Waals surface area (Å²) in [5.74, 6) is 0.217. The number of rotatable bonds is 8. The summed E-state index contributed by atoms with van der Waals surface area (Å²) in [4.78, 5) is 29.0. The fourth-order valence-corrected chi connectivity index (χ4v) is 4.41. The molecular formula is C26H26N6O2S. The maximum atomic E-state index is 12.5. The van der Waals surface area contributed by atoms with Gasteiger partial charge in [-0.05, 0) is 55.7 Å². The first-order valence-corrected chi connectivity index (χ1v) is 12.1. The van der Waals surface area contributed by atoms with Gasteiger partial charge in [-0.25, -0.2) is 0 Å².